The molecule has 0 unspecified atom stereocenters. The maximum Gasteiger partial charge on any atom is 0.178 e. The molecular formula is C15H16ClNO. The van der Waals surface area contributed by atoms with Crippen molar-refractivity contribution in [3.8, 4) is 11.1 Å². The van der Waals surface area contributed by atoms with Crippen molar-refractivity contribution in [2.24, 2.45) is 7.05 Å². The zero-order valence-electron chi connectivity index (χ0n) is 10.8. The number of aromatic nitrogens is 1. The van der Waals surface area contributed by atoms with Crippen LogP contribution in [-0.2, 0) is 7.05 Å². The summed E-state index contributed by atoms with van der Waals surface area (Å²) in [6, 6.07) is 9.65. The third-order valence-electron chi connectivity index (χ3n) is 3.30. The molecule has 0 spiro atoms. The van der Waals surface area contributed by atoms with E-state index in [4.69, 9.17) is 11.6 Å². The Morgan fingerprint density at radius 3 is 2.44 bits per heavy atom. The number of ketones is 1. The van der Waals surface area contributed by atoms with E-state index in [-0.39, 0.29) is 5.78 Å². The van der Waals surface area contributed by atoms with Crippen LogP contribution in [0.25, 0.3) is 11.1 Å². The SMILES string of the molecule is CCC(=O)c1cc(-c2ccc(Cl)cc2)c(C)n1C. The Bertz CT molecular complexity index is 581. The molecule has 94 valence electrons. The van der Waals surface area contributed by atoms with Gasteiger partial charge in [0.25, 0.3) is 0 Å². The minimum atomic E-state index is 0.167. The third-order valence-corrected chi connectivity index (χ3v) is 3.55. The topological polar surface area (TPSA) is 22.0 Å². The van der Waals surface area contributed by atoms with Gasteiger partial charge >= 0.3 is 0 Å². The number of benzene rings is 1. The average Bonchev–Trinajstić information content (AvgIpc) is 2.67. The Morgan fingerprint density at radius 1 is 1.28 bits per heavy atom. The molecule has 0 atom stereocenters. The standard InChI is InChI=1S/C15H16ClNO/c1-4-15(18)14-9-13(10(2)17(14)3)11-5-7-12(16)8-6-11/h5-9H,4H2,1-3H3. The van der Waals surface area contributed by atoms with Crippen LogP contribution in [0.15, 0.2) is 30.3 Å². The number of hydrogen-bond acceptors (Lipinski definition) is 1. The van der Waals surface area contributed by atoms with E-state index in [2.05, 4.69) is 0 Å². The molecule has 0 N–H and O–H groups in total. The molecule has 1 heterocycles. The number of carbonyl (C=O) groups is 1. The van der Waals surface area contributed by atoms with Crippen molar-refractivity contribution in [3.05, 3.63) is 46.7 Å². The first-order chi connectivity index (χ1) is 8.54. The van der Waals surface area contributed by atoms with Gasteiger partial charge in [-0.25, -0.2) is 0 Å². The molecule has 2 aromatic rings. The fourth-order valence-electron chi connectivity index (χ4n) is 2.07. The van der Waals surface area contributed by atoms with Crippen LogP contribution in [0, 0.1) is 6.92 Å². The normalized spacial score (nSPS) is 10.7. The second-order valence-electron chi connectivity index (χ2n) is 4.37. The number of halogens is 1. The summed E-state index contributed by atoms with van der Waals surface area (Å²) < 4.78 is 1.95. The van der Waals surface area contributed by atoms with E-state index in [0.29, 0.717) is 6.42 Å². The van der Waals surface area contributed by atoms with Crippen molar-refractivity contribution in [1.29, 1.82) is 0 Å². The molecule has 1 aromatic carbocycles. The maximum absolute atomic E-state index is 11.8. The maximum atomic E-state index is 11.8. The molecule has 3 heteroatoms. The van der Waals surface area contributed by atoms with Gasteiger partial charge in [-0.1, -0.05) is 30.7 Å². The summed E-state index contributed by atoms with van der Waals surface area (Å²) in [6.07, 6.45) is 0.525. The van der Waals surface area contributed by atoms with Crippen molar-refractivity contribution in [2.45, 2.75) is 20.3 Å². The van der Waals surface area contributed by atoms with E-state index >= 15 is 0 Å². The van der Waals surface area contributed by atoms with Gasteiger partial charge in [0, 0.05) is 29.7 Å². The Balaban J connectivity index is 2.52. The number of hydrogen-bond donors (Lipinski definition) is 0. The van der Waals surface area contributed by atoms with E-state index in [9.17, 15) is 4.79 Å². The highest BCUT2D eigenvalue weighted by atomic mass is 35.5. The van der Waals surface area contributed by atoms with E-state index < -0.39 is 0 Å². The van der Waals surface area contributed by atoms with E-state index in [1.54, 1.807) is 0 Å². The summed E-state index contributed by atoms with van der Waals surface area (Å²) in [5.74, 6) is 0.167. The lowest BCUT2D eigenvalue weighted by Gasteiger charge is -2.03. The molecule has 0 aliphatic carbocycles. The molecule has 0 fully saturated rings. The predicted octanol–water partition coefficient (Wildman–Crippen LogP) is 4.25. The molecule has 0 amide bonds. The van der Waals surface area contributed by atoms with Crippen molar-refractivity contribution in [2.75, 3.05) is 0 Å². The fraction of sp³-hybridized carbons (Fsp3) is 0.267. The van der Waals surface area contributed by atoms with Gasteiger partial charge in [-0.3, -0.25) is 4.79 Å². The molecule has 2 rings (SSSR count). The average molecular weight is 262 g/mol. The van der Waals surface area contributed by atoms with Crippen molar-refractivity contribution in [1.82, 2.24) is 4.57 Å². The Labute approximate surface area is 112 Å². The van der Waals surface area contributed by atoms with Gasteiger partial charge in [-0.2, -0.15) is 0 Å². The van der Waals surface area contributed by atoms with Gasteiger partial charge in [0.15, 0.2) is 5.78 Å². The van der Waals surface area contributed by atoms with Gasteiger partial charge in [0.05, 0.1) is 5.69 Å². The largest absolute Gasteiger partial charge is 0.345 e. The first-order valence-electron chi connectivity index (χ1n) is 6.00. The van der Waals surface area contributed by atoms with Crippen LogP contribution in [0.3, 0.4) is 0 Å². The van der Waals surface area contributed by atoms with Crippen LogP contribution in [0.5, 0.6) is 0 Å². The number of Topliss-reactive ketones (excluding diaryl/α,β-unsaturated/α-hetero) is 1. The highest BCUT2D eigenvalue weighted by molar-refractivity contribution is 6.30. The number of rotatable bonds is 3. The zero-order valence-corrected chi connectivity index (χ0v) is 11.6. The molecular weight excluding hydrogens is 246 g/mol. The van der Waals surface area contributed by atoms with Crippen molar-refractivity contribution < 1.29 is 4.79 Å². The molecule has 0 aliphatic rings. The van der Waals surface area contributed by atoms with Crippen LogP contribution in [0.1, 0.15) is 29.5 Å². The predicted molar refractivity (Wildman–Crippen MR) is 75.2 cm³/mol. The smallest absolute Gasteiger partial charge is 0.178 e. The summed E-state index contributed by atoms with van der Waals surface area (Å²) in [6.45, 7) is 3.91. The molecule has 18 heavy (non-hydrogen) atoms. The van der Waals surface area contributed by atoms with Gasteiger partial charge in [0.2, 0.25) is 0 Å². The fourth-order valence-corrected chi connectivity index (χ4v) is 2.20. The molecule has 0 aliphatic heterocycles. The Kier molecular flexibility index (Phi) is 3.58. The minimum absolute atomic E-state index is 0.167. The lowest BCUT2D eigenvalue weighted by atomic mass is 10.1. The first kappa shape index (κ1) is 12.9. The quantitative estimate of drug-likeness (QED) is 0.757. The van der Waals surface area contributed by atoms with Gasteiger partial charge in [-0.05, 0) is 30.7 Å². The summed E-state index contributed by atoms with van der Waals surface area (Å²) >= 11 is 5.89. The summed E-state index contributed by atoms with van der Waals surface area (Å²) in [7, 11) is 1.93. The molecule has 0 radical (unpaired) electrons. The molecule has 0 saturated heterocycles. The van der Waals surface area contributed by atoms with Crippen molar-refractivity contribution in [3.63, 3.8) is 0 Å². The van der Waals surface area contributed by atoms with E-state index in [0.717, 1.165) is 27.5 Å². The Morgan fingerprint density at radius 2 is 1.89 bits per heavy atom. The highest BCUT2D eigenvalue weighted by Gasteiger charge is 2.14. The molecule has 0 saturated carbocycles. The van der Waals surface area contributed by atoms with Gasteiger partial charge in [0.1, 0.15) is 0 Å². The van der Waals surface area contributed by atoms with E-state index in [1.807, 2.05) is 55.8 Å². The van der Waals surface area contributed by atoms with Gasteiger partial charge in [-0.15, -0.1) is 0 Å². The Hall–Kier alpha value is -1.54. The third kappa shape index (κ3) is 2.21. The summed E-state index contributed by atoms with van der Waals surface area (Å²) in [4.78, 5) is 11.8. The van der Waals surface area contributed by atoms with Crippen LogP contribution >= 0.6 is 11.6 Å². The number of nitrogens with zero attached hydrogens (tertiary/aromatic N) is 1. The summed E-state index contributed by atoms with van der Waals surface area (Å²) in [5.41, 5.74) is 4.03. The second kappa shape index (κ2) is 4.99. The van der Waals surface area contributed by atoms with E-state index in [1.165, 1.54) is 0 Å². The highest BCUT2D eigenvalue weighted by Crippen LogP contribution is 2.28. The molecule has 1 aromatic heterocycles. The first-order valence-corrected chi connectivity index (χ1v) is 6.37. The van der Waals surface area contributed by atoms with Crippen LogP contribution in [0.4, 0.5) is 0 Å². The molecule has 0 bridgehead atoms. The summed E-state index contributed by atoms with van der Waals surface area (Å²) in [5, 5.41) is 0.720. The molecule has 2 nitrogen and oxygen atoms in total. The van der Waals surface area contributed by atoms with Crippen LogP contribution in [0.2, 0.25) is 5.02 Å². The monoisotopic (exact) mass is 261 g/mol. The number of carbonyl (C=O) groups excluding carboxylic acids is 1. The minimum Gasteiger partial charge on any atom is -0.345 e. The van der Waals surface area contributed by atoms with Crippen molar-refractivity contribution >= 4 is 17.4 Å². The second-order valence-corrected chi connectivity index (χ2v) is 4.81. The van der Waals surface area contributed by atoms with Crippen LogP contribution < -0.4 is 0 Å². The lowest BCUT2D eigenvalue weighted by molar-refractivity contribution is 0.0980. The van der Waals surface area contributed by atoms with Crippen LogP contribution in [-0.4, -0.2) is 10.4 Å². The lowest BCUT2D eigenvalue weighted by Crippen LogP contribution is -2.04. The zero-order chi connectivity index (χ0) is 13.3. The van der Waals surface area contributed by atoms with Gasteiger partial charge < -0.3 is 4.57 Å².